The number of anilines is 1. The van der Waals surface area contributed by atoms with Gasteiger partial charge in [-0.25, -0.2) is 0 Å². The molecule has 0 spiro atoms. The average molecular weight is 581 g/mol. The minimum atomic E-state index is -1.83. The average Bonchev–Trinajstić information content (AvgIpc) is 2.86. The van der Waals surface area contributed by atoms with Crippen molar-refractivity contribution < 1.29 is 9.16 Å². The van der Waals surface area contributed by atoms with Crippen LogP contribution in [0, 0.1) is 5.92 Å². The first-order chi connectivity index (χ1) is 17.4. The molecule has 0 aliphatic carbocycles. The second-order valence-electron chi connectivity index (χ2n) is 11.5. The molecule has 0 heterocycles. The van der Waals surface area contributed by atoms with Crippen molar-refractivity contribution in [1.82, 2.24) is 0 Å². The lowest BCUT2D eigenvalue weighted by molar-refractivity contribution is 0.166. The van der Waals surface area contributed by atoms with Crippen LogP contribution in [0.1, 0.15) is 37.5 Å². The van der Waals surface area contributed by atoms with Crippen LogP contribution >= 0.6 is 15.9 Å². The Hall–Kier alpha value is -2.34. The highest BCUT2D eigenvalue weighted by atomic mass is 79.9. The number of nitrogens with zero attached hydrogens (tertiary/aromatic N) is 1. The van der Waals surface area contributed by atoms with E-state index in [2.05, 4.69) is 154 Å². The van der Waals surface area contributed by atoms with Gasteiger partial charge in [0, 0.05) is 36.8 Å². The van der Waals surface area contributed by atoms with Crippen molar-refractivity contribution in [2.45, 2.75) is 45.3 Å². The molecule has 0 N–H and O–H groups in total. The third-order valence-electron chi connectivity index (χ3n) is 7.17. The van der Waals surface area contributed by atoms with Crippen molar-refractivity contribution in [3.63, 3.8) is 0 Å². The zero-order valence-electron chi connectivity index (χ0n) is 23.4. The Labute approximate surface area is 233 Å². The summed E-state index contributed by atoms with van der Waals surface area (Å²) in [6, 6.07) is 25.4. The molecule has 0 bridgehead atoms. The lowest BCUT2D eigenvalue weighted by atomic mass is 10.0. The molecular weight excluding hydrogens is 538 g/mol. The van der Waals surface area contributed by atoms with Crippen molar-refractivity contribution >= 4 is 42.1 Å². The Kier molecular flexibility index (Phi) is 10.2. The summed E-state index contributed by atoms with van der Waals surface area (Å²) in [7, 11) is 2.28. The van der Waals surface area contributed by atoms with Crippen LogP contribution in [0.4, 0.5) is 5.69 Å². The van der Waals surface area contributed by atoms with E-state index in [1.54, 1.807) is 0 Å². The molecule has 3 aromatic carbocycles. The lowest BCUT2D eigenvalue weighted by Crippen LogP contribution is -2.42. The molecule has 37 heavy (non-hydrogen) atoms. The van der Waals surface area contributed by atoms with Gasteiger partial charge in [-0.1, -0.05) is 85.3 Å². The summed E-state index contributed by atoms with van der Waals surface area (Å²) in [5, 5.41) is 0.188. The smallest absolute Gasteiger partial charge is 0.191 e. The molecule has 5 heteroatoms. The molecule has 0 saturated heterocycles. The Balaban J connectivity index is 1.62. The van der Waals surface area contributed by atoms with Gasteiger partial charge < -0.3 is 14.1 Å². The summed E-state index contributed by atoms with van der Waals surface area (Å²) in [4.78, 5) is 2.11. The monoisotopic (exact) mass is 579 g/mol. The van der Waals surface area contributed by atoms with E-state index < -0.39 is 8.32 Å². The number of hydrogen-bond donors (Lipinski definition) is 0. The van der Waals surface area contributed by atoms with E-state index in [-0.39, 0.29) is 11.0 Å². The van der Waals surface area contributed by atoms with Gasteiger partial charge in [-0.15, -0.1) is 0 Å². The zero-order chi connectivity index (χ0) is 27.1. The van der Waals surface area contributed by atoms with Gasteiger partial charge in [0.1, 0.15) is 5.75 Å². The third-order valence-corrected chi connectivity index (χ3v) is 12.2. The van der Waals surface area contributed by atoms with E-state index in [0.717, 1.165) is 22.2 Å². The Morgan fingerprint density at radius 2 is 1.35 bits per heavy atom. The van der Waals surface area contributed by atoms with Crippen LogP contribution in [0.25, 0.3) is 12.2 Å². The molecular formula is C32H42BrNO2Si. The van der Waals surface area contributed by atoms with Crippen molar-refractivity contribution in [3.05, 3.63) is 94.0 Å². The molecule has 3 aromatic rings. The second-order valence-corrected chi connectivity index (χ2v) is 17.2. The summed E-state index contributed by atoms with van der Waals surface area (Å²) in [6.07, 6.45) is 5.20. The largest absolute Gasteiger partial charge is 0.493 e. The number of rotatable bonds is 11. The Morgan fingerprint density at radius 3 is 1.86 bits per heavy atom. The molecule has 0 aliphatic rings. The fourth-order valence-electron chi connectivity index (χ4n) is 3.63. The fourth-order valence-corrected chi connectivity index (χ4v) is 4.98. The summed E-state index contributed by atoms with van der Waals surface area (Å²) >= 11 is 3.54. The van der Waals surface area contributed by atoms with E-state index in [9.17, 15) is 0 Å². The van der Waals surface area contributed by atoms with Gasteiger partial charge in [-0.3, -0.25) is 0 Å². The highest BCUT2D eigenvalue weighted by molar-refractivity contribution is 9.10. The molecule has 0 saturated carbocycles. The van der Waals surface area contributed by atoms with Gasteiger partial charge in [0.05, 0.1) is 6.61 Å². The van der Waals surface area contributed by atoms with Crippen molar-refractivity contribution in [2.75, 3.05) is 32.2 Å². The molecule has 0 fully saturated rings. The van der Waals surface area contributed by atoms with Crippen molar-refractivity contribution in [2.24, 2.45) is 5.92 Å². The van der Waals surface area contributed by atoms with Crippen LogP contribution in [0.15, 0.2) is 77.3 Å². The summed E-state index contributed by atoms with van der Waals surface area (Å²) in [5.74, 6) is 1.17. The lowest BCUT2D eigenvalue weighted by Gasteiger charge is -2.37. The van der Waals surface area contributed by atoms with E-state index >= 15 is 0 Å². The molecule has 0 aliphatic heterocycles. The molecule has 0 amide bonds. The van der Waals surface area contributed by atoms with Crippen LogP contribution in [0.2, 0.25) is 18.1 Å². The van der Waals surface area contributed by atoms with Crippen LogP contribution in [-0.2, 0) is 10.8 Å². The first-order valence-electron chi connectivity index (χ1n) is 13.0. The van der Waals surface area contributed by atoms with Crippen molar-refractivity contribution in [1.29, 1.82) is 0 Å². The number of ether oxygens (including phenoxy) is 1. The Bertz CT molecular complexity index is 1130. The quantitative estimate of drug-likeness (QED) is 0.167. The van der Waals surface area contributed by atoms with Crippen LogP contribution in [-0.4, -0.2) is 35.6 Å². The molecule has 1 unspecified atom stereocenters. The maximum atomic E-state index is 6.59. The molecule has 0 aromatic heterocycles. The molecule has 198 valence electrons. The second kappa shape index (κ2) is 12.9. The zero-order valence-corrected chi connectivity index (χ0v) is 26.0. The van der Waals surface area contributed by atoms with Crippen LogP contribution in [0.3, 0.4) is 0 Å². The predicted octanol–water partition coefficient (Wildman–Crippen LogP) is 8.95. The minimum Gasteiger partial charge on any atom is -0.493 e. The minimum absolute atomic E-state index is 0.188. The molecule has 1 atom stereocenters. The number of hydrogen-bond acceptors (Lipinski definition) is 3. The van der Waals surface area contributed by atoms with Crippen molar-refractivity contribution in [3.8, 4) is 5.75 Å². The summed E-state index contributed by atoms with van der Waals surface area (Å²) in [5.41, 5.74) is 4.83. The van der Waals surface area contributed by atoms with Gasteiger partial charge in [-0.2, -0.15) is 0 Å². The third kappa shape index (κ3) is 9.17. The number of benzene rings is 3. The van der Waals surface area contributed by atoms with Gasteiger partial charge in [-0.05, 0) is 77.6 Å². The van der Waals surface area contributed by atoms with E-state index in [4.69, 9.17) is 9.16 Å². The first-order valence-corrected chi connectivity index (χ1v) is 16.7. The van der Waals surface area contributed by atoms with Gasteiger partial charge in [0.15, 0.2) is 8.32 Å². The fraction of sp³-hybridized carbons (Fsp3) is 0.375. The predicted molar refractivity (Wildman–Crippen MR) is 166 cm³/mol. The first kappa shape index (κ1) is 29.2. The normalized spacial score (nSPS) is 13.1. The van der Waals surface area contributed by atoms with Crippen LogP contribution in [0.5, 0.6) is 5.75 Å². The number of halogens is 1. The summed E-state index contributed by atoms with van der Waals surface area (Å²) in [6.45, 7) is 12.8. The van der Waals surface area contributed by atoms with E-state index in [0.29, 0.717) is 13.2 Å². The molecule has 0 radical (unpaired) electrons. The molecule has 3 nitrogen and oxygen atoms in total. The van der Waals surface area contributed by atoms with Gasteiger partial charge in [0.2, 0.25) is 0 Å². The van der Waals surface area contributed by atoms with Gasteiger partial charge >= 0.3 is 0 Å². The Morgan fingerprint density at radius 1 is 0.811 bits per heavy atom. The standard InChI is InChI=1S/C32H42BrNO2Si/c1-32(2,3)37(6,7)36-24-28(22-27-10-16-29(33)17-11-27)23-35-31-20-14-26(15-21-31)9-8-25-12-18-30(19-13-25)34(4)5/h8-21,28H,22-24H2,1-7H3. The van der Waals surface area contributed by atoms with Crippen LogP contribution < -0.4 is 9.64 Å². The SMILES string of the molecule is CN(C)c1ccc(C=Cc2ccc(OCC(CO[Si](C)(C)C(C)(C)C)Cc3ccc(Br)cc3)cc2)cc1. The maximum absolute atomic E-state index is 6.59. The summed E-state index contributed by atoms with van der Waals surface area (Å²) < 4.78 is 14.0. The highest BCUT2D eigenvalue weighted by Crippen LogP contribution is 2.37. The molecule has 3 rings (SSSR count). The van der Waals surface area contributed by atoms with E-state index in [1.165, 1.54) is 16.8 Å². The maximum Gasteiger partial charge on any atom is 0.191 e. The topological polar surface area (TPSA) is 21.7 Å². The van der Waals surface area contributed by atoms with Gasteiger partial charge in [0.25, 0.3) is 0 Å². The van der Waals surface area contributed by atoms with E-state index in [1.807, 2.05) is 0 Å². The highest BCUT2D eigenvalue weighted by Gasteiger charge is 2.37.